The standard InChI is InChI=1S/C22H20F3N5O6/c23-22(24,25)17-11(3-6-13-16(17)19(34)30-21(26)29-13)9-27-12-4-1-10(2-5-12)18(33)28-14(20(35)36)7-8-15(31)32/h1-6,14,27H,7-9H2,(H,28,33)(H,31,32)(H,35,36)(H3,26,29,30,34). The van der Waals surface area contributed by atoms with Gasteiger partial charge in [-0.05, 0) is 42.3 Å². The zero-order valence-electron chi connectivity index (χ0n) is 18.3. The van der Waals surface area contributed by atoms with E-state index < -0.39 is 53.0 Å². The highest BCUT2D eigenvalue weighted by Gasteiger charge is 2.36. The molecule has 0 bridgehead atoms. The number of aromatic nitrogens is 2. The minimum atomic E-state index is -4.86. The average molecular weight is 507 g/mol. The van der Waals surface area contributed by atoms with E-state index in [1.165, 1.54) is 36.4 Å². The molecule has 0 aliphatic heterocycles. The van der Waals surface area contributed by atoms with Gasteiger partial charge in [0.05, 0.1) is 16.5 Å². The largest absolute Gasteiger partial charge is 0.481 e. The molecular formula is C22H20F3N5O6. The van der Waals surface area contributed by atoms with Crippen LogP contribution in [-0.4, -0.2) is 44.1 Å². The number of nitrogens with one attached hydrogen (secondary N) is 3. The summed E-state index contributed by atoms with van der Waals surface area (Å²) in [6.07, 6.45) is -5.62. The van der Waals surface area contributed by atoms with Gasteiger partial charge >= 0.3 is 18.1 Å². The predicted molar refractivity (Wildman–Crippen MR) is 121 cm³/mol. The number of carboxylic acids is 2. The van der Waals surface area contributed by atoms with Gasteiger partial charge in [-0.3, -0.25) is 19.4 Å². The second-order valence-electron chi connectivity index (χ2n) is 7.67. The fourth-order valence-corrected chi connectivity index (χ4v) is 3.47. The number of carbonyl (C=O) groups excluding carboxylic acids is 1. The quantitative estimate of drug-likeness (QED) is 0.252. The van der Waals surface area contributed by atoms with E-state index in [0.717, 1.165) is 0 Å². The number of benzene rings is 2. The highest BCUT2D eigenvalue weighted by atomic mass is 19.4. The summed E-state index contributed by atoms with van der Waals surface area (Å²) in [5.74, 6) is -3.68. The fraction of sp³-hybridized carbons (Fsp3) is 0.227. The summed E-state index contributed by atoms with van der Waals surface area (Å²) in [6, 6.07) is 6.44. The zero-order valence-corrected chi connectivity index (χ0v) is 18.3. The molecule has 0 saturated heterocycles. The Balaban J connectivity index is 1.77. The van der Waals surface area contributed by atoms with Crippen molar-refractivity contribution in [1.82, 2.24) is 15.3 Å². The maximum Gasteiger partial charge on any atom is 0.417 e. The monoisotopic (exact) mass is 507 g/mol. The molecule has 1 amide bonds. The Hall–Kier alpha value is -4.62. The van der Waals surface area contributed by atoms with Crippen LogP contribution in [0.3, 0.4) is 0 Å². The van der Waals surface area contributed by atoms with Crippen molar-refractivity contribution in [1.29, 1.82) is 0 Å². The molecule has 7 N–H and O–H groups in total. The van der Waals surface area contributed by atoms with Gasteiger partial charge < -0.3 is 26.6 Å². The number of fused-ring (bicyclic) bond motifs is 1. The lowest BCUT2D eigenvalue weighted by Crippen LogP contribution is -2.41. The van der Waals surface area contributed by atoms with Crippen LogP contribution in [0.2, 0.25) is 0 Å². The van der Waals surface area contributed by atoms with E-state index in [4.69, 9.17) is 15.9 Å². The summed E-state index contributed by atoms with van der Waals surface area (Å²) in [5.41, 5.74) is 3.20. The lowest BCUT2D eigenvalue weighted by molar-refractivity contribution is -0.140. The van der Waals surface area contributed by atoms with Crippen LogP contribution in [0.15, 0.2) is 41.2 Å². The Labute approximate surface area is 200 Å². The van der Waals surface area contributed by atoms with Crippen molar-refractivity contribution in [2.24, 2.45) is 0 Å². The van der Waals surface area contributed by atoms with Crippen LogP contribution in [0.5, 0.6) is 0 Å². The normalized spacial score (nSPS) is 12.2. The number of aromatic amines is 1. The lowest BCUT2D eigenvalue weighted by Gasteiger charge is -2.16. The SMILES string of the molecule is Nc1nc2ccc(CNc3ccc(C(=O)NC(CCC(=O)O)C(=O)O)cc3)c(C(F)(F)F)c2c(=O)[nH]1. The van der Waals surface area contributed by atoms with Crippen molar-refractivity contribution < 1.29 is 37.8 Å². The number of nitrogens with two attached hydrogens (primary N) is 1. The molecule has 190 valence electrons. The molecule has 1 unspecified atom stereocenters. The molecule has 1 aromatic heterocycles. The van der Waals surface area contributed by atoms with Crippen LogP contribution in [0.1, 0.15) is 34.3 Å². The first-order chi connectivity index (χ1) is 16.9. The molecule has 3 aromatic rings. The van der Waals surface area contributed by atoms with Gasteiger partial charge in [0.1, 0.15) is 6.04 Å². The van der Waals surface area contributed by atoms with Crippen LogP contribution in [0, 0.1) is 0 Å². The van der Waals surface area contributed by atoms with E-state index >= 15 is 0 Å². The second kappa shape index (κ2) is 10.3. The summed E-state index contributed by atoms with van der Waals surface area (Å²) < 4.78 is 41.5. The Kier molecular flexibility index (Phi) is 7.46. The highest BCUT2D eigenvalue weighted by molar-refractivity contribution is 5.97. The number of anilines is 2. The molecule has 14 heteroatoms. The smallest absolute Gasteiger partial charge is 0.417 e. The van der Waals surface area contributed by atoms with Crippen LogP contribution in [-0.2, 0) is 22.3 Å². The zero-order chi connectivity index (χ0) is 26.6. The van der Waals surface area contributed by atoms with E-state index in [1.54, 1.807) is 0 Å². The third kappa shape index (κ3) is 6.08. The molecule has 0 fully saturated rings. The summed E-state index contributed by atoms with van der Waals surface area (Å²) >= 11 is 0. The number of rotatable bonds is 9. The van der Waals surface area contributed by atoms with Crippen LogP contribution >= 0.6 is 0 Å². The number of hydrogen-bond donors (Lipinski definition) is 6. The fourth-order valence-electron chi connectivity index (χ4n) is 3.47. The topological polar surface area (TPSA) is 187 Å². The number of alkyl halides is 3. The maximum absolute atomic E-state index is 13.8. The van der Waals surface area contributed by atoms with E-state index in [9.17, 15) is 32.3 Å². The van der Waals surface area contributed by atoms with E-state index in [2.05, 4.69) is 20.6 Å². The van der Waals surface area contributed by atoms with Crippen LogP contribution in [0.4, 0.5) is 24.8 Å². The molecule has 1 heterocycles. The molecule has 11 nitrogen and oxygen atoms in total. The number of hydrogen-bond acceptors (Lipinski definition) is 7. The number of carbonyl (C=O) groups is 3. The summed E-state index contributed by atoms with van der Waals surface area (Å²) in [4.78, 5) is 52.2. The average Bonchev–Trinajstić information content (AvgIpc) is 2.79. The molecule has 0 aliphatic carbocycles. The molecule has 0 spiro atoms. The van der Waals surface area contributed by atoms with Crippen molar-refractivity contribution in [2.75, 3.05) is 11.1 Å². The third-order valence-corrected chi connectivity index (χ3v) is 5.14. The van der Waals surface area contributed by atoms with Crippen LogP contribution in [0.25, 0.3) is 10.9 Å². The van der Waals surface area contributed by atoms with Gasteiger partial charge in [0, 0.05) is 24.2 Å². The summed E-state index contributed by atoms with van der Waals surface area (Å²) in [6.45, 7) is -0.323. The number of halogens is 3. The van der Waals surface area contributed by atoms with Crippen molar-refractivity contribution >= 4 is 40.4 Å². The van der Waals surface area contributed by atoms with E-state index in [0.29, 0.717) is 5.69 Å². The van der Waals surface area contributed by atoms with Gasteiger partial charge in [0.2, 0.25) is 5.95 Å². The van der Waals surface area contributed by atoms with Crippen molar-refractivity contribution in [2.45, 2.75) is 31.6 Å². The van der Waals surface area contributed by atoms with Gasteiger partial charge in [-0.2, -0.15) is 13.2 Å². The molecule has 0 aliphatic rings. The maximum atomic E-state index is 13.8. The Bertz CT molecular complexity index is 1370. The molecule has 0 saturated carbocycles. The number of nitrogens with zero attached hydrogens (tertiary/aromatic N) is 1. The molecule has 2 aromatic carbocycles. The van der Waals surface area contributed by atoms with Gasteiger partial charge in [0.15, 0.2) is 0 Å². The van der Waals surface area contributed by atoms with Gasteiger partial charge in [-0.25, -0.2) is 9.78 Å². The van der Waals surface area contributed by atoms with Crippen molar-refractivity contribution in [3.8, 4) is 0 Å². The van der Waals surface area contributed by atoms with Gasteiger partial charge in [-0.15, -0.1) is 0 Å². The van der Waals surface area contributed by atoms with Crippen molar-refractivity contribution in [3.05, 3.63) is 63.4 Å². The third-order valence-electron chi connectivity index (χ3n) is 5.14. The summed E-state index contributed by atoms with van der Waals surface area (Å²) in [5, 5.41) is 22.2. The number of H-pyrrole nitrogens is 1. The first-order valence-electron chi connectivity index (χ1n) is 10.3. The van der Waals surface area contributed by atoms with Crippen molar-refractivity contribution in [3.63, 3.8) is 0 Å². The Morgan fingerprint density at radius 3 is 2.33 bits per heavy atom. The molecule has 3 rings (SSSR count). The predicted octanol–water partition coefficient (Wildman–Crippen LogP) is 2.18. The molecular weight excluding hydrogens is 487 g/mol. The minimum absolute atomic E-state index is 0.0546. The number of nitrogen functional groups attached to an aromatic ring is 1. The number of amides is 1. The first kappa shape index (κ1) is 26.0. The Morgan fingerprint density at radius 2 is 1.75 bits per heavy atom. The second-order valence-corrected chi connectivity index (χ2v) is 7.67. The molecule has 36 heavy (non-hydrogen) atoms. The van der Waals surface area contributed by atoms with E-state index in [-0.39, 0.29) is 35.6 Å². The van der Waals surface area contributed by atoms with Gasteiger partial charge in [0.25, 0.3) is 11.5 Å². The molecule has 0 radical (unpaired) electrons. The first-order valence-corrected chi connectivity index (χ1v) is 10.3. The highest BCUT2D eigenvalue weighted by Crippen LogP contribution is 2.36. The Morgan fingerprint density at radius 1 is 1.08 bits per heavy atom. The number of aliphatic carboxylic acids is 2. The minimum Gasteiger partial charge on any atom is -0.481 e. The summed E-state index contributed by atoms with van der Waals surface area (Å²) in [7, 11) is 0. The van der Waals surface area contributed by atoms with E-state index in [1.807, 2.05) is 0 Å². The number of carboxylic acid groups (broad SMARTS) is 2. The van der Waals surface area contributed by atoms with Gasteiger partial charge in [-0.1, -0.05) is 6.07 Å². The lowest BCUT2D eigenvalue weighted by atomic mass is 10.0. The molecule has 1 atom stereocenters. The van der Waals surface area contributed by atoms with Crippen LogP contribution < -0.4 is 21.9 Å².